The van der Waals surface area contributed by atoms with Gasteiger partial charge < -0.3 is 4.57 Å². The molecule has 0 amide bonds. The molecule has 0 saturated heterocycles. The molecule has 0 bridgehead atoms. The summed E-state index contributed by atoms with van der Waals surface area (Å²) in [6.45, 7) is 0. The predicted octanol–water partition coefficient (Wildman–Crippen LogP) is 17.2. The Hall–Kier alpha value is -8.80. The summed E-state index contributed by atoms with van der Waals surface area (Å²) < 4.78 is 2.38. The first-order valence-corrected chi connectivity index (χ1v) is 24.9. The number of benzene rings is 9. The summed E-state index contributed by atoms with van der Waals surface area (Å²) in [5.74, 6) is 2.55. The van der Waals surface area contributed by atoms with Gasteiger partial charge in [0.2, 0.25) is 0 Å². The maximum atomic E-state index is 5.38. The summed E-state index contributed by atoms with van der Waals surface area (Å²) in [6, 6.07) is 78.6. The summed E-state index contributed by atoms with van der Waals surface area (Å²) >= 11 is 0. The van der Waals surface area contributed by atoms with Crippen LogP contribution < -0.4 is 0 Å². The predicted molar refractivity (Wildman–Crippen MR) is 293 cm³/mol. The van der Waals surface area contributed by atoms with Crippen LogP contribution in [0.5, 0.6) is 0 Å². The molecule has 1 aliphatic carbocycles. The lowest BCUT2D eigenvalue weighted by Gasteiger charge is -2.22. The Bertz CT molecular complexity index is 3890. The van der Waals surface area contributed by atoms with E-state index >= 15 is 0 Å². The maximum absolute atomic E-state index is 5.38. The maximum Gasteiger partial charge on any atom is 0.164 e. The average Bonchev–Trinajstić information content (AvgIpc) is 3.80. The van der Waals surface area contributed by atoms with Crippen molar-refractivity contribution in [2.24, 2.45) is 0 Å². The van der Waals surface area contributed by atoms with Crippen LogP contribution in [0.1, 0.15) is 43.6 Å². The molecule has 0 atom stereocenters. The van der Waals surface area contributed by atoms with Crippen LogP contribution in [-0.2, 0) is 0 Å². The molecule has 1 aliphatic rings. The third-order valence-electron chi connectivity index (χ3n) is 14.5. The SMILES string of the molecule is c1ccc(-c2cc(-c3ccc(-c4nc(-c5ccc(C6CCCCC6)cc5)nc(-c5cccc6c5c5ccccc5n6-c5ccc6ccccc6c5)n4)cc3)cc(-c3cccc(-c4cccnc4)c3)c2)cc1. The first-order chi connectivity index (χ1) is 35.2. The molecule has 0 spiro atoms. The molecule has 71 heavy (non-hydrogen) atoms. The van der Waals surface area contributed by atoms with E-state index in [9.17, 15) is 0 Å². The van der Waals surface area contributed by atoms with Gasteiger partial charge in [0.05, 0.1) is 11.0 Å². The molecule has 9 aromatic carbocycles. The van der Waals surface area contributed by atoms with E-state index in [1.54, 1.807) is 0 Å². The molecular formula is C66H49N5. The third kappa shape index (κ3) is 8.15. The van der Waals surface area contributed by atoms with Crippen molar-refractivity contribution in [3.63, 3.8) is 0 Å². The lowest BCUT2D eigenvalue weighted by atomic mass is 9.84. The summed E-state index contributed by atoms with van der Waals surface area (Å²) in [5.41, 5.74) is 16.7. The standard InChI is InChI=1S/C66H49N5/c1-3-14-44(15-4-1)47-27-31-49(32-28-47)64-68-65(70-66(69-64)60-24-12-26-62-63(60)59-23-9-10-25-61(59)71(62)58-36-35-46-18-7-8-19-53(46)42-58)50-33-29-48(30-34-50)56-39-55(45-16-5-2-6-17-45)40-57(41-56)52-21-11-20-51(38-52)54-22-13-37-67-43-54/h2,5-13,16-44H,1,3-4,14-15H2. The topological polar surface area (TPSA) is 56.5 Å². The van der Waals surface area contributed by atoms with Crippen LogP contribution in [0, 0.1) is 0 Å². The molecule has 12 aromatic rings. The molecule has 1 saturated carbocycles. The quantitative estimate of drug-likeness (QED) is 0.145. The second kappa shape index (κ2) is 18.3. The van der Waals surface area contributed by atoms with Crippen molar-refractivity contribution in [2.45, 2.75) is 38.0 Å². The zero-order valence-electron chi connectivity index (χ0n) is 39.3. The fraction of sp³-hybridized carbons (Fsp3) is 0.0909. The highest BCUT2D eigenvalue weighted by Gasteiger charge is 2.21. The molecule has 0 unspecified atom stereocenters. The van der Waals surface area contributed by atoms with Crippen LogP contribution in [0.4, 0.5) is 0 Å². The van der Waals surface area contributed by atoms with Gasteiger partial charge in [0.25, 0.3) is 0 Å². The van der Waals surface area contributed by atoms with Gasteiger partial charge in [-0.05, 0) is 129 Å². The van der Waals surface area contributed by atoms with Crippen LogP contribution >= 0.6 is 0 Å². The van der Waals surface area contributed by atoms with Crippen molar-refractivity contribution >= 4 is 32.6 Å². The lowest BCUT2D eigenvalue weighted by molar-refractivity contribution is 0.443. The first-order valence-electron chi connectivity index (χ1n) is 24.9. The van der Waals surface area contributed by atoms with Crippen LogP contribution in [-0.4, -0.2) is 24.5 Å². The highest BCUT2D eigenvalue weighted by Crippen LogP contribution is 2.41. The molecule has 13 rings (SSSR count). The minimum atomic E-state index is 0.611. The van der Waals surface area contributed by atoms with Gasteiger partial charge in [0.15, 0.2) is 17.5 Å². The molecule has 1 fully saturated rings. The largest absolute Gasteiger partial charge is 0.309 e. The molecule has 3 aromatic heterocycles. The van der Waals surface area contributed by atoms with E-state index in [0.29, 0.717) is 23.4 Å². The van der Waals surface area contributed by atoms with Gasteiger partial charge in [-0.3, -0.25) is 4.98 Å². The Morgan fingerprint density at radius 1 is 0.366 bits per heavy atom. The number of pyridine rings is 1. The van der Waals surface area contributed by atoms with Crippen molar-refractivity contribution in [2.75, 3.05) is 0 Å². The number of fused-ring (bicyclic) bond motifs is 4. The highest BCUT2D eigenvalue weighted by atomic mass is 15.0. The Morgan fingerprint density at radius 3 is 1.68 bits per heavy atom. The van der Waals surface area contributed by atoms with Crippen molar-refractivity contribution < 1.29 is 0 Å². The van der Waals surface area contributed by atoms with Gasteiger partial charge in [-0.15, -0.1) is 0 Å². The summed E-state index contributed by atoms with van der Waals surface area (Å²) in [6.07, 6.45) is 10.2. The zero-order chi connectivity index (χ0) is 47.1. The van der Waals surface area contributed by atoms with E-state index in [2.05, 4.69) is 222 Å². The number of nitrogens with zero attached hydrogens (tertiary/aromatic N) is 5. The molecule has 0 aliphatic heterocycles. The fourth-order valence-electron chi connectivity index (χ4n) is 10.9. The minimum Gasteiger partial charge on any atom is -0.309 e. The van der Waals surface area contributed by atoms with Crippen LogP contribution in [0.3, 0.4) is 0 Å². The van der Waals surface area contributed by atoms with E-state index in [0.717, 1.165) is 83.1 Å². The molecule has 3 heterocycles. The molecule has 0 radical (unpaired) electrons. The van der Waals surface area contributed by atoms with E-state index in [4.69, 9.17) is 15.0 Å². The lowest BCUT2D eigenvalue weighted by Crippen LogP contribution is -2.04. The van der Waals surface area contributed by atoms with Crippen molar-refractivity contribution in [1.82, 2.24) is 24.5 Å². The van der Waals surface area contributed by atoms with Gasteiger partial charge in [-0.1, -0.05) is 183 Å². The molecule has 5 heteroatoms. The Morgan fingerprint density at radius 2 is 0.930 bits per heavy atom. The van der Waals surface area contributed by atoms with Gasteiger partial charge in [0, 0.05) is 51.1 Å². The van der Waals surface area contributed by atoms with Crippen LogP contribution in [0.15, 0.2) is 231 Å². The Labute approximate surface area is 413 Å². The number of hydrogen-bond acceptors (Lipinski definition) is 4. The number of rotatable bonds is 9. The van der Waals surface area contributed by atoms with Gasteiger partial charge in [-0.2, -0.15) is 0 Å². The minimum absolute atomic E-state index is 0.611. The second-order valence-corrected chi connectivity index (χ2v) is 18.9. The fourth-order valence-corrected chi connectivity index (χ4v) is 10.9. The van der Waals surface area contributed by atoms with Crippen molar-refractivity contribution in [3.8, 4) is 84.4 Å². The van der Waals surface area contributed by atoms with Crippen molar-refractivity contribution in [1.29, 1.82) is 0 Å². The van der Waals surface area contributed by atoms with Crippen LogP contribution in [0.25, 0.3) is 117 Å². The Balaban J connectivity index is 0.938. The molecule has 0 N–H and O–H groups in total. The number of aromatic nitrogens is 5. The normalized spacial score (nSPS) is 13.0. The van der Waals surface area contributed by atoms with Gasteiger partial charge >= 0.3 is 0 Å². The van der Waals surface area contributed by atoms with E-state index in [1.807, 2.05) is 18.5 Å². The van der Waals surface area contributed by atoms with Crippen molar-refractivity contribution in [3.05, 3.63) is 236 Å². The van der Waals surface area contributed by atoms with Gasteiger partial charge in [-0.25, -0.2) is 15.0 Å². The van der Waals surface area contributed by atoms with E-state index < -0.39 is 0 Å². The van der Waals surface area contributed by atoms with Gasteiger partial charge in [0.1, 0.15) is 0 Å². The first kappa shape index (κ1) is 42.3. The van der Waals surface area contributed by atoms with E-state index in [-0.39, 0.29) is 0 Å². The number of para-hydroxylation sites is 1. The third-order valence-corrected chi connectivity index (χ3v) is 14.5. The molecular weight excluding hydrogens is 863 g/mol. The summed E-state index contributed by atoms with van der Waals surface area (Å²) in [5, 5.41) is 4.69. The second-order valence-electron chi connectivity index (χ2n) is 18.9. The van der Waals surface area contributed by atoms with Crippen LogP contribution in [0.2, 0.25) is 0 Å². The monoisotopic (exact) mass is 911 g/mol. The Kier molecular flexibility index (Phi) is 10.9. The van der Waals surface area contributed by atoms with E-state index in [1.165, 1.54) is 54.0 Å². The molecule has 338 valence electrons. The molecule has 5 nitrogen and oxygen atoms in total. The average molecular weight is 912 g/mol. The number of hydrogen-bond donors (Lipinski definition) is 0. The smallest absolute Gasteiger partial charge is 0.164 e. The summed E-state index contributed by atoms with van der Waals surface area (Å²) in [7, 11) is 0. The zero-order valence-corrected chi connectivity index (χ0v) is 39.3. The highest BCUT2D eigenvalue weighted by molar-refractivity contribution is 6.15. The summed E-state index contributed by atoms with van der Waals surface area (Å²) in [4.78, 5) is 20.4.